The molecular weight excluding hydrogens is 150 g/mol. The number of nitrogens with one attached hydrogen (secondary N) is 1. The molecule has 0 fully saturated rings. The molecule has 3 N–H and O–H groups in total. The molecule has 0 bridgehead atoms. The molecule has 0 unspecified atom stereocenters. The maximum atomic E-state index is 10.1. The van der Waals surface area contributed by atoms with Crippen molar-refractivity contribution < 1.29 is 19.8 Å². The largest absolute Gasteiger partial charge is 0.481 e. The standard InChI is InChI=1S/C6H7NO4/c8-5(9)1-3-4(7-3)2-6(10)11/h7H,1-2H2,(H,8,9)(H,10,11). The Morgan fingerprint density at radius 3 is 1.73 bits per heavy atom. The maximum absolute atomic E-state index is 10.1. The van der Waals surface area contributed by atoms with Crippen LogP contribution in [0.5, 0.6) is 0 Å². The summed E-state index contributed by atoms with van der Waals surface area (Å²) in [6.45, 7) is 0. The third-order valence-corrected chi connectivity index (χ3v) is 1.26. The van der Waals surface area contributed by atoms with Crippen LogP contribution in [0.25, 0.3) is 0 Å². The third-order valence-electron chi connectivity index (χ3n) is 1.26. The molecule has 1 aliphatic rings. The summed E-state index contributed by atoms with van der Waals surface area (Å²) in [5.41, 5.74) is 1.06. The van der Waals surface area contributed by atoms with Crippen molar-refractivity contribution in [3.63, 3.8) is 0 Å². The molecule has 0 aromatic rings. The zero-order valence-electron chi connectivity index (χ0n) is 5.63. The fourth-order valence-electron chi connectivity index (χ4n) is 0.755. The highest BCUT2D eigenvalue weighted by Crippen LogP contribution is 2.21. The molecule has 1 rings (SSSR count). The molecule has 0 aliphatic carbocycles. The van der Waals surface area contributed by atoms with E-state index in [1.165, 1.54) is 0 Å². The number of carboxylic acid groups (broad SMARTS) is 2. The molecule has 5 nitrogen and oxygen atoms in total. The summed E-state index contributed by atoms with van der Waals surface area (Å²) >= 11 is 0. The highest BCUT2D eigenvalue weighted by atomic mass is 16.4. The maximum Gasteiger partial charge on any atom is 0.309 e. The first-order valence-electron chi connectivity index (χ1n) is 3.02. The van der Waals surface area contributed by atoms with Crippen LogP contribution in [0.4, 0.5) is 0 Å². The Morgan fingerprint density at radius 2 is 1.45 bits per heavy atom. The van der Waals surface area contributed by atoms with E-state index in [4.69, 9.17) is 10.2 Å². The van der Waals surface area contributed by atoms with E-state index in [1.54, 1.807) is 0 Å². The van der Waals surface area contributed by atoms with E-state index < -0.39 is 11.9 Å². The first kappa shape index (κ1) is 7.59. The van der Waals surface area contributed by atoms with Gasteiger partial charge in [0.1, 0.15) is 0 Å². The lowest BCUT2D eigenvalue weighted by Crippen LogP contribution is -1.95. The van der Waals surface area contributed by atoms with E-state index in [9.17, 15) is 9.59 Å². The molecule has 1 heterocycles. The number of carboxylic acids is 2. The zero-order valence-corrected chi connectivity index (χ0v) is 5.63. The number of carbonyl (C=O) groups is 2. The molecule has 0 aromatic heterocycles. The van der Waals surface area contributed by atoms with E-state index in [-0.39, 0.29) is 12.8 Å². The van der Waals surface area contributed by atoms with Crippen molar-refractivity contribution >= 4 is 11.9 Å². The minimum absolute atomic E-state index is 0.109. The van der Waals surface area contributed by atoms with Crippen LogP contribution in [0.15, 0.2) is 11.4 Å². The van der Waals surface area contributed by atoms with Gasteiger partial charge in [-0.05, 0) is 0 Å². The van der Waals surface area contributed by atoms with E-state index in [1.807, 2.05) is 0 Å². The van der Waals surface area contributed by atoms with Crippen molar-refractivity contribution in [1.82, 2.24) is 5.32 Å². The van der Waals surface area contributed by atoms with Crippen molar-refractivity contribution in [1.29, 1.82) is 0 Å². The monoisotopic (exact) mass is 157 g/mol. The molecule has 0 amide bonds. The van der Waals surface area contributed by atoms with Crippen LogP contribution in [-0.4, -0.2) is 22.2 Å². The average molecular weight is 157 g/mol. The van der Waals surface area contributed by atoms with Gasteiger partial charge in [-0.3, -0.25) is 9.59 Å². The molecule has 0 saturated carbocycles. The highest BCUT2D eigenvalue weighted by Gasteiger charge is 2.24. The Labute approximate surface area is 62.3 Å². The lowest BCUT2D eigenvalue weighted by Gasteiger charge is -1.79. The van der Waals surface area contributed by atoms with Crippen molar-refractivity contribution in [2.75, 3.05) is 0 Å². The van der Waals surface area contributed by atoms with E-state index >= 15 is 0 Å². The van der Waals surface area contributed by atoms with Crippen LogP contribution in [-0.2, 0) is 9.59 Å². The summed E-state index contributed by atoms with van der Waals surface area (Å²) < 4.78 is 0. The Morgan fingerprint density at radius 1 is 1.09 bits per heavy atom. The molecule has 1 aliphatic heterocycles. The molecule has 0 radical (unpaired) electrons. The number of aliphatic carboxylic acids is 2. The molecule has 0 aromatic carbocycles. The van der Waals surface area contributed by atoms with Gasteiger partial charge in [0.2, 0.25) is 0 Å². The molecule has 0 spiro atoms. The number of hydrogen-bond acceptors (Lipinski definition) is 3. The fourth-order valence-corrected chi connectivity index (χ4v) is 0.755. The smallest absolute Gasteiger partial charge is 0.309 e. The first-order chi connectivity index (χ1) is 5.09. The lowest BCUT2D eigenvalue weighted by atomic mass is 10.3. The van der Waals surface area contributed by atoms with E-state index in [0.717, 1.165) is 0 Å². The Balaban J connectivity index is 2.36. The second-order valence-electron chi connectivity index (χ2n) is 2.22. The topological polar surface area (TPSA) is 96.5 Å². The van der Waals surface area contributed by atoms with Crippen molar-refractivity contribution in [2.24, 2.45) is 0 Å². The summed E-state index contributed by atoms with van der Waals surface area (Å²) in [6.07, 6.45) is -0.217. The van der Waals surface area contributed by atoms with Crippen LogP contribution < -0.4 is 5.32 Å². The number of hydrogen-bond donors (Lipinski definition) is 3. The van der Waals surface area contributed by atoms with Gasteiger partial charge in [0.05, 0.1) is 12.8 Å². The predicted molar refractivity (Wildman–Crippen MR) is 34.7 cm³/mol. The number of rotatable bonds is 4. The van der Waals surface area contributed by atoms with Crippen LogP contribution in [0.1, 0.15) is 12.8 Å². The Bertz CT molecular complexity index is 219. The fraction of sp³-hybridized carbons (Fsp3) is 0.333. The van der Waals surface area contributed by atoms with Gasteiger partial charge in [0.15, 0.2) is 0 Å². The summed E-state index contributed by atoms with van der Waals surface area (Å²) in [6, 6.07) is 0. The second kappa shape index (κ2) is 2.61. The predicted octanol–water partition coefficient (Wildman–Crippen LogP) is -0.249. The van der Waals surface area contributed by atoms with Gasteiger partial charge in [-0.2, -0.15) is 0 Å². The third kappa shape index (κ3) is 2.29. The molecule has 0 saturated heterocycles. The van der Waals surface area contributed by atoms with Gasteiger partial charge in [-0.1, -0.05) is 0 Å². The van der Waals surface area contributed by atoms with Crippen LogP contribution in [0, 0.1) is 0 Å². The van der Waals surface area contributed by atoms with Gasteiger partial charge in [0, 0.05) is 11.4 Å². The Kier molecular flexibility index (Phi) is 1.80. The molecule has 5 heteroatoms. The van der Waals surface area contributed by atoms with Crippen molar-refractivity contribution in [3.05, 3.63) is 11.4 Å². The first-order valence-corrected chi connectivity index (χ1v) is 3.02. The molecule has 60 valence electrons. The van der Waals surface area contributed by atoms with Crippen LogP contribution >= 0.6 is 0 Å². The molecule has 11 heavy (non-hydrogen) atoms. The normalized spacial score (nSPS) is 14.2. The average Bonchev–Trinajstić information content (AvgIpc) is 2.43. The minimum Gasteiger partial charge on any atom is -0.481 e. The van der Waals surface area contributed by atoms with Crippen molar-refractivity contribution in [3.8, 4) is 0 Å². The Hall–Kier alpha value is -1.52. The summed E-state index contributed by atoms with van der Waals surface area (Å²) in [4.78, 5) is 20.1. The minimum atomic E-state index is -0.951. The summed E-state index contributed by atoms with van der Waals surface area (Å²) in [5, 5.41) is 19.1. The van der Waals surface area contributed by atoms with Gasteiger partial charge in [-0.25, -0.2) is 0 Å². The summed E-state index contributed by atoms with van der Waals surface area (Å²) in [7, 11) is 0. The van der Waals surface area contributed by atoms with Gasteiger partial charge < -0.3 is 15.5 Å². The van der Waals surface area contributed by atoms with Gasteiger partial charge in [0.25, 0.3) is 0 Å². The zero-order chi connectivity index (χ0) is 8.43. The highest BCUT2D eigenvalue weighted by molar-refractivity contribution is 5.75. The van der Waals surface area contributed by atoms with Crippen molar-refractivity contribution in [2.45, 2.75) is 12.8 Å². The molecular formula is C6H7NO4. The van der Waals surface area contributed by atoms with Crippen LogP contribution in [0.2, 0.25) is 0 Å². The second-order valence-corrected chi connectivity index (χ2v) is 2.22. The van der Waals surface area contributed by atoms with E-state index in [2.05, 4.69) is 5.32 Å². The van der Waals surface area contributed by atoms with Gasteiger partial charge >= 0.3 is 11.9 Å². The SMILES string of the molecule is O=C(O)CC1=C(CC(=O)O)N1. The van der Waals surface area contributed by atoms with E-state index in [0.29, 0.717) is 11.4 Å². The summed E-state index contributed by atoms with van der Waals surface area (Å²) in [5.74, 6) is -1.90. The quantitative estimate of drug-likeness (QED) is 0.522. The van der Waals surface area contributed by atoms with Crippen LogP contribution in [0.3, 0.4) is 0 Å². The lowest BCUT2D eigenvalue weighted by molar-refractivity contribution is -0.137. The molecule has 0 atom stereocenters. The van der Waals surface area contributed by atoms with Gasteiger partial charge in [-0.15, -0.1) is 0 Å².